The molecule has 0 radical (unpaired) electrons. The van der Waals surface area contributed by atoms with E-state index < -0.39 is 0 Å². The number of rotatable bonds is 4. The molecule has 2 heterocycles. The van der Waals surface area contributed by atoms with Gasteiger partial charge in [-0.05, 0) is 36.9 Å². The van der Waals surface area contributed by atoms with Crippen LogP contribution in [0.2, 0.25) is 0 Å². The van der Waals surface area contributed by atoms with Crippen LogP contribution in [0, 0.1) is 5.92 Å². The van der Waals surface area contributed by atoms with E-state index in [0.717, 1.165) is 38.7 Å². The topological polar surface area (TPSA) is 21.7 Å². The smallest absolute Gasteiger partial charge is 0.0746 e. The van der Waals surface area contributed by atoms with E-state index in [-0.39, 0.29) is 0 Å². The van der Waals surface area contributed by atoms with Crippen LogP contribution in [-0.4, -0.2) is 44.4 Å². The van der Waals surface area contributed by atoms with Crippen molar-refractivity contribution >= 4 is 0 Å². The fourth-order valence-corrected chi connectivity index (χ4v) is 3.32. The van der Waals surface area contributed by atoms with Crippen LogP contribution in [0.4, 0.5) is 0 Å². The Hall–Kier alpha value is -0.900. The lowest BCUT2D eigenvalue weighted by Crippen LogP contribution is -2.38. The van der Waals surface area contributed by atoms with Crippen molar-refractivity contribution in [2.24, 2.45) is 5.92 Å². The van der Waals surface area contributed by atoms with Crippen LogP contribution in [0.1, 0.15) is 24.0 Å². The van der Waals surface area contributed by atoms with Crippen molar-refractivity contribution < 1.29 is 9.47 Å². The molecule has 1 aromatic carbocycles. The zero-order chi connectivity index (χ0) is 13.8. The van der Waals surface area contributed by atoms with Gasteiger partial charge in [-0.25, -0.2) is 0 Å². The Balaban J connectivity index is 1.48. The van der Waals surface area contributed by atoms with Gasteiger partial charge in [0, 0.05) is 32.7 Å². The second-order valence-corrected chi connectivity index (χ2v) is 6.18. The van der Waals surface area contributed by atoms with Gasteiger partial charge in [-0.3, -0.25) is 0 Å². The standard InChI is InChI=1S/C17H25NO2/c1-18(11-14-6-8-19-9-7-14)12-17-10-15-4-2-3-5-16(15)13-20-17/h2-5,14,17H,6-13H2,1H3. The van der Waals surface area contributed by atoms with Crippen LogP contribution in [0.5, 0.6) is 0 Å². The quantitative estimate of drug-likeness (QED) is 0.842. The summed E-state index contributed by atoms with van der Waals surface area (Å²) in [5.41, 5.74) is 2.82. The zero-order valence-corrected chi connectivity index (χ0v) is 12.4. The molecular formula is C17H25NO2. The monoisotopic (exact) mass is 275 g/mol. The minimum atomic E-state index is 0.342. The van der Waals surface area contributed by atoms with Crippen molar-refractivity contribution in [1.82, 2.24) is 4.90 Å². The molecule has 0 spiro atoms. The predicted octanol–water partition coefficient (Wildman–Crippen LogP) is 2.49. The molecule has 3 heteroatoms. The number of hydrogen-bond donors (Lipinski definition) is 0. The van der Waals surface area contributed by atoms with E-state index in [0.29, 0.717) is 6.10 Å². The first-order valence-corrected chi connectivity index (χ1v) is 7.76. The lowest BCUT2D eigenvalue weighted by atomic mass is 9.97. The van der Waals surface area contributed by atoms with Crippen molar-refractivity contribution in [3.63, 3.8) is 0 Å². The number of benzene rings is 1. The lowest BCUT2D eigenvalue weighted by Gasteiger charge is -2.32. The largest absolute Gasteiger partial charge is 0.381 e. The first-order valence-electron chi connectivity index (χ1n) is 7.76. The van der Waals surface area contributed by atoms with E-state index in [4.69, 9.17) is 9.47 Å². The van der Waals surface area contributed by atoms with Gasteiger partial charge in [-0.2, -0.15) is 0 Å². The van der Waals surface area contributed by atoms with Crippen LogP contribution in [0.15, 0.2) is 24.3 Å². The molecule has 1 fully saturated rings. The van der Waals surface area contributed by atoms with Crippen molar-refractivity contribution in [2.45, 2.75) is 32.0 Å². The first-order chi connectivity index (χ1) is 9.81. The summed E-state index contributed by atoms with van der Waals surface area (Å²) >= 11 is 0. The molecule has 0 N–H and O–H groups in total. The van der Waals surface area contributed by atoms with Crippen LogP contribution in [0.25, 0.3) is 0 Å². The summed E-state index contributed by atoms with van der Waals surface area (Å²) in [6.45, 7) is 4.85. The van der Waals surface area contributed by atoms with E-state index in [1.807, 2.05) is 0 Å². The van der Waals surface area contributed by atoms with E-state index in [1.165, 1.54) is 30.5 Å². The molecular weight excluding hydrogens is 250 g/mol. The average molecular weight is 275 g/mol. The molecule has 1 atom stereocenters. The maximum atomic E-state index is 6.00. The lowest BCUT2D eigenvalue weighted by molar-refractivity contribution is 0.00115. The molecule has 2 aliphatic heterocycles. The van der Waals surface area contributed by atoms with Gasteiger partial charge in [0.1, 0.15) is 0 Å². The summed E-state index contributed by atoms with van der Waals surface area (Å²) in [4.78, 5) is 2.44. The van der Waals surface area contributed by atoms with Gasteiger partial charge in [0.25, 0.3) is 0 Å². The summed E-state index contributed by atoms with van der Waals surface area (Å²) in [5.74, 6) is 0.796. The summed E-state index contributed by atoms with van der Waals surface area (Å²) in [7, 11) is 2.22. The SMILES string of the molecule is CN(CC1CCOCC1)CC1Cc2ccccc2CO1. The second kappa shape index (κ2) is 6.70. The highest BCUT2D eigenvalue weighted by Crippen LogP contribution is 2.21. The maximum Gasteiger partial charge on any atom is 0.0746 e. The Bertz CT molecular complexity index is 429. The van der Waals surface area contributed by atoms with E-state index in [2.05, 4.69) is 36.2 Å². The highest BCUT2D eigenvalue weighted by molar-refractivity contribution is 5.28. The van der Waals surface area contributed by atoms with Gasteiger partial charge in [0.05, 0.1) is 12.7 Å². The second-order valence-electron chi connectivity index (χ2n) is 6.18. The number of nitrogens with zero attached hydrogens (tertiary/aromatic N) is 1. The Morgan fingerprint density at radius 3 is 2.65 bits per heavy atom. The molecule has 20 heavy (non-hydrogen) atoms. The molecule has 1 unspecified atom stereocenters. The molecule has 3 nitrogen and oxygen atoms in total. The molecule has 0 bridgehead atoms. The van der Waals surface area contributed by atoms with Crippen LogP contribution in [0.3, 0.4) is 0 Å². The van der Waals surface area contributed by atoms with Gasteiger partial charge in [-0.15, -0.1) is 0 Å². The molecule has 0 aliphatic carbocycles. The summed E-state index contributed by atoms with van der Waals surface area (Å²) in [6, 6.07) is 8.65. The first kappa shape index (κ1) is 14.1. The Morgan fingerprint density at radius 2 is 1.85 bits per heavy atom. The van der Waals surface area contributed by atoms with Crippen LogP contribution < -0.4 is 0 Å². The van der Waals surface area contributed by atoms with Crippen molar-refractivity contribution in [3.05, 3.63) is 35.4 Å². The third kappa shape index (κ3) is 3.60. The van der Waals surface area contributed by atoms with Crippen LogP contribution in [-0.2, 0) is 22.5 Å². The van der Waals surface area contributed by atoms with Gasteiger partial charge in [-0.1, -0.05) is 24.3 Å². The molecule has 2 aliphatic rings. The highest BCUT2D eigenvalue weighted by atomic mass is 16.5. The van der Waals surface area contributed by atoms with Gasteiger partial charge in [0.2, 0.25) is 0 Å². The third-order valence-electron chi connectivity index (χ3n) is 4.47. The minimum absolute atomic E-state index is 0.342. The Labute approximate surface area is 121 Å². The molecule has 3 rings (SSSR count). The minimum Gasteiger partial charge on any atom is -0.381 e. The maximum absolute atomic E-state index is 6.00. The van der Waals surface area contributed by atoms with Gasteiger partial charge in [0.15, 0.2) is 0 Å². The van der Waals surface area contributed by atoms with E-state index in [9.17, 15) is 0 Å². The number of likely N-dealkylation sites (N-methyl/N-ethyl adjacent to an activating group) is 1. The predicted molar refractivity (Wildman–Crippen MR) is 79.8 cm³/mol. The van der Waals surface area contributed by atoms with Crippen LogP contribution >= 0.6 is 0 Å². The van der Waals surface area contributed by atoms with Crippen molar-refractivity contribution in [1.29, 1.82) is 0 Å². The number of fused-ring (bicyclic) bond motifs is 1. The van der Waals surface area contributed by atoms with Gasteiger partial charge >= 0.3 is 0 Å². The molecule has 110 valence electrons. The van der Waals surface area contributed by atoms with Crippen molar-refractivity contribution in [3.8, 4) is 0 Å². The fourth-order valence-electron chi connectivity index (χ4n) is 3.32. The normalized spacial score (nSPS) is 23.8. The zero-order valence-electron chi connectivity index (χ0n) is 12.4. The highest BCUT2D eigenvalue weighted by Gasteiger charge is 2.22. The summed E-state index contributed by atoms with van der Waals surface area (Å²) in [6.07, 6.45) is 3.81. The van der Waals surface area contributed by atoms with Gasteiger partial charge < -0.3 is 14.4 Å². The number of hydrogen-bond acceptors (Lipinski definition) is 3. The molecule has 1 saturated heterocycles. The number of ether oxygens (including phenoxy) is 2. The molecule has 0 amide bonds. The summed E-state index contributed by atoms with van der Waals surface area (Å²) in [5, 5.41) is 0. The van der Waals surface area contributed by atoms with E-state index in [1.54, 1.807) is 0 Å². The third-order valence-corrected chi connectivity index (χ3v) is 4.47. The Morgan fingerprint density at radius 1 is 1.10 bits per heavy atom. The Kier molecular flexibility index (Phi) is 4.71. The molecule has 0 aromatic heterocycles. The fraction of sp³-hybridized carbons (Fsp3) is 0.647. The molecule has 0 saturated carbocycles. The van der Waals surface area contributed by atoms with Crippen molar-refractivity contribution in [2.75, 3.05) is 33.4 Å². The molecule has 1 aromatic rings. The average Bonchev–Trinajstić information content (AvgIpc) is 2.48. The summed E-state index contributed by atoms with van der Waals surface area (Å²) < 4.78 is 11.4. The van der Waals surface area contributed by atoms with E-state index >= 15 is 0 Å².